The topological polar surface area (TPSA) is 80.9 Å². The lowest BCUT2D eigenvalue weighted by atomic mass is 10.0. The lowest BCUT2D eigenvalue weighted by Gasteiger charge is -2.08. The number of hydrogen-bond donors (Lipinski definition) is 1. The van der Waals surface area contributed by atoms with Crippen molar-refractivity contribution in [3.8, 4) is 11.3 Å². The van der Waals surface area contributed by atoms with E-state index in [-0.39, 0.29) is 5.56 Å². The van der Waals surface area contributed by atoms with Gasteiger partial charge in [-0.3, -0.25) is 4.98 Å². The number of nitrogens with zero attached hydrogens (tertiary/aromatic N) is 4. The first-order chi connectivity index (χ1) is 16.6. The van der Waals surface area contributed by atoms with E-state index in [1.807, 2.05) is 30.3 Å². The van der Waals surface area contributed by atoms with Crippen molar-refractivity contribution in [2.45, 2.75) is 52.0 Å². The molecule has 4 rings (SSSR count). The second-order valence-corrected chi connectivity index (χ2v) is 8.44. The van der Waals surface area contributed by atoms with E-state index in [1.54, 1.807) is 18.3 Å². The highest BCUT2D eigenvalue weighted by atomic mass is 16.4. The van der Waals surface area contributed by atoms with Crippen LogP contribution in [-0.4, -0.2) is 30.8 Å². The van der Waals surface area contributed by atoms with E-state index in [1.165, 1.54) is 12.0 Å². The average Bonchev–Trinajstić information content (AvgIpc) is 3.25. The Morgan fingerprint density at radius 1 is 0.912 bits per heavy atom. The summed E-state index contributed by atoms with van der Waals surface area (Å²) in [5.74, 6) is 0.873. The van der Waals surface area contributed by atoms with Gasteiger partial charge >= 0.3 is 5.97 Å². The standard InChI is InChI=1S/C28H30N4O2/c1-2-3-7-19-32-26(30-25(31-32)17-14-21-9-5-4-6-10-21)20-22-12-15-23(16-13-22)27-24(28(33)34)11-8-18-29-27/h4-6,8-13,15-16,18H,2-3,7,14,17,19-20H2,1H3,(H,33,34). The van der Waals surface area contributed by atoms with Gasteiger partial charge in [-0.15, -0.1) is 0 Å². The molecule has 34 heavy (non-hydrogen) atoms. The fourth-order valence-electron chi connectivity index (χ4n) is 4.03. The minimum atomic E-state index is -0.976. The van der Waals surface area contributed by atoms with Crippen molar-refractivity contribution in [1.29, 1.82) is 0 Å². The first-order valence-corrected chi connectivity index (χ1v) is 11.9. The Morgan fingerprint density at radius 3 is 2.44 bits per heavy atom. The molecule has 6 nitrogen and oxygen atoms in total. The zero-order chi connectivity index (χ0) is 23.8. The lowest BCUT2D eigenvalue weighted by Crippen LogP contribution is -2.07. The van der Waals surface area contributed by atoms with Gasteiger partial charge in [0.05, 0.1) is 11.3 Å². The number of carbonyl (C=O) groups is 1. The van der Waals surface area contributed by atoms with E-state index >= 15 is 0 Å². The predicted molar refractivity (Wildman–Crippen MR) is 133 cm³/mol. The van der Waals surface area contributed by atoms with Crippen LogP contribution in [0, 0.1) is 0 Å². The summed E-state index contributed by atoms with van der Waals surface area (Å²) in [6.07, 6.45) is 7.45. The molecule has 1 N–H and O–H groups in total. The van der Waals surface area contributed by atoms with Crippen molar-refractivity contribution in [2.24, 2.45) is 0 Å². The first-order valence-electron chi connectivity index (χ1n) is 11.9. The Labute approximate surface area is 200 Å². The van der Waals surface area contributed by atoms with Crippen LogP contribution in [0.2, 0.25) is 0 Å². The highest BCUT2D eigenvalue weighted by molar-refractivity contribution is 5.94. The quantitative estimate of drug-likeness (QED) is 0.298. The van der Waals surface area contributed by atoms with Crippen LogP contribution >= 0.6 is 0 Å². The van der Waals surface area contributed by atoms with E-state index < -0.39 is 5.97 Å². The fourth-order valence-corrected chi connectivity index (χ4v) is 4.03. The average molecular weight is 455 g/mol. The molecule has 0 amide bonds. The molecule has 0 unspecified atom stereocenters. The molecule has 0 atom stereocenters. The van der Waals surface area contributed by atoms with Crippen LogP contribution in [-0.2, 0) is 25.8 Å². The molecule has 0 aliphatic heterocycles. The summed E-state index contributed by atoms with van der Waals surface area (Å²) in [5.41, 5.74) is 3.86. The predicted octanol–water partition coefficient (Wildman–Crippen LogP) is 5.60. The molecule has 2 aromatic heterocycles. The van der Waals surface area contributed by atoms with Crippen molar-refractivity contribution in [1.82, 2.24) is 19.7 Å². The third kappa shape index (κ3) is 5.95. The first kappa shape index (κ1) is 23.4. The Balaban J connectivity index is 1.51. The van der Waals surface area contributed by atoms with Crippen molar-refractivity contribution in [3.63, 3.8) is 0 Å². The second-order valence-electron chi connectivity index (χ2n) is 8.44. The van der Waals surface area contributed by atoms with Crippen LogP contribution in [0.4, 0.5) is 0 Å². The molecule has 4 aromatic rings. The minimum Gasteiger partial charge on any atom is -0.478 e. The van der Waals surface area contributed by atoms with Crippen LogP contribution in [0.5, 0.6) is 0 Å². The SMILES string of the molecule is CCCCCn1nc(CCc2ccccc2)nc1Cc1ccc(-c2ncccc2C(=O)O)cc1. The molecule has 0 bridgehead atoms. The third-order valence-electron chi connectivity index (χ3n) is 5.87. The van der Waals surface area contributed by atoms with E-state index in [4.69, 9.17) is 10.1 Å². The molecule has 0 spiro atoms. The summed E-state index contributed by atoms with van der Waals surface area (Å²) in [6, 6.07) is 21.5. The molecule has 0 aliphatic carbocycles. The van der Waals surface area contributed by atoms with Crippen molar-refractivity contribution >= 4 is 5.97 Å². The van der Waals surface area contributed by atoms with Crippen molar-refractivity contribution < 1.29 is 9.90 Å². The summed E-state index contributed by atoms with van der Waals surface area (Å²) in [5, 5.41) is 14.3. The highest BCUT2D eigenvalue weighted by Gasteiger charge is 2.14. The molecule has 6 heteroatoms. The lowest BCUT2D eigenvalue weighted by molar-refractivity contribution is 0.0697. The number of aryl methyl sites for hydroxylation is 3. The van der Waals surface area contributed by atoms with Crippen LogP contribution in [0.15, 0.2) is 72.9 Å². The minimum absolute atomic E-state index is 0.203. The summed E-state index contributed by atoms with van der Waals surface area (Å²) in [6.45, 7) is 3.07. The van der Waals surface area contributed by atoms with E-state index in [0.29, 0.717) is 12.1 Å². The van der Waals surface area contributed by atoms with Gasteiger partial charge in [0.1, 0.15) is 5.82 Å². The second kappa shape index (κ2) is 11.4. The summed E-state index contributed by atoms with van der Waals surface area (Å²) in [4.78, 5) is 20.7. The molecule has 0 saturated carbocycles. The highest BCUT2D eigenvalue weighted by Crippen LogP contribution is 2.22. The Bertz CT molecular complexity index is 1220. The van der Waals surface area contributed by atoms with Crippen LogP contribution in [0.25, 0.3) is 11.3 Å². The van der Waals surface area contributed by atoms with Gasteiger partial charge in [0.2, 0.25) is 0 Å². The molecule has 174 valence electrons. The van der Waals surface area contributed by atoms with E-state index in [0.717, 1.165) is 55.0 Å². The molecular weight excluding hydrogens is 424 g/mol. The smallest absolute Gasteiger partial charge is 0.337 e. The van der Waals surface area contributed by atoms with Crippen molar-refractivity contribution in [2.75, 3.05) is 0 Å². The zero-order valence-electron chi connectivity index (χ0n) is 19.5. The largest absolute Gasteiger partial charge is 0.478 e. The van der Waals surface area contributed by atoms with Gasteiger partial charge in [-0.25, -0.2) is 14.5 Å². The maximum atomic E-state index is 11.5. The van der Waals surface area contributed by atoms with Gasteiger partial charge in [-0.1, -0.05) is 74.4 Å². The Morgan fingerprint density at radius 2 is 1.71 bits per heavy atom. The Kier molecular flexibility index (Phi) is 7.81. The molecule has 0 aliphatic rings. The third-order valence-corrected chi connectivity index (χ3v) is 5.87. The maximum Gasteiger partial charge on any atom is 0.337 e. The summed E-state index contributed by atoms with van der Waals surface area (Å²) < 4.78 is 2.06. The molecule has 0 radical (unpaired) electrons. The monoisotopic (exact) mass is 454 g/mol. The van der Waals surface area contributed by atoms with Gasteiger partial charge in [0.25, 0.3) is 0 Å². The van der Waals surface area contributed by atoms with E-state index in [9.17, 15) is 9.90 Å². The number of aromatic nitrogens is 4. The van der Waals surface area contributed by atoms with Gasteiger partial charge in [-0.2, -0.15) is 5.10 Å². The number of aromatic carboxylic acids is 1. The van der Waals surface area contributed by atoms with Gasteiger partial charge in [0, 0.05) is 31.1 Å². The normalized spacial score (nSPS) is 11.0. The van der Waals surface area contributed by atoms with Gasteiger partial charge < -0.3 is 5.11 Å². The molecule has 2 aromatic carbocycles. The van der Waals surface area contributed by atoms with Crippen molar-refractivity contribution in [3.05, 3.63) is 101 Å². The number of carboxylic acid groups (broad SMARTS) is 1. The molecular formula is C28H30N4O2. The van der Waals surface area contributed by atoms with E-state index in [2.05, 4.69) is 40.9 Å². The van der Waals surface area contributed by atoms with Crippen LogP contribution < -0.4 is 0 Å². The molecule has 0 saturated heterocycles. The maximum absolute atomic E-state index is 11.5. The summed E-state index contributed by atoms with van der Waals surface area (Å²) in [7, 11) is 0. The zero-order valence-corrected chi connectivity index (χ0v) is 19.5. The van der Waals surface area contributed by atoms with Gasteiger partial charge in [0.15, 0.2) is 5.82 Å². The Hall–Kier alpha value is -3.80. The van der Waals surface area contributed by atoms with Gasteiger partial charge in [-0.05, 0) is 36.1 Å². The number of pyridine rings is 1. The number of unbranched alkanes of at least 4 members (excludes halogenated alkanes) is 2. The number of benzene rings is 2. The molecule has 2 heterocycles. The fraction of sp³-hybridized carbons (Fsp3) is 0.286. The van der Waals surface area contributed by atoms with Crippen LogP contribution in [0.3, 0.4) is 0 Å². The molecule has 0 fully saturated rings. The number of rotatable bonds is 11. The number of hydrogen-bond acceptors (Lipinski definition) is 4. The van der Waals surface area contributed by atoms with Crippen LogP contribution in [0.1, 0.15) is 59.3 Å². The number of carboxylic acids is 1. The summed E-state index contributed by atoms with van der Waals surface area (Å²) >= 11 is 0.